The molecule has 1 amide bonds. The molecule has 0 spiro atoms. The number of benzene rings is 1. The first-order valence-corrected chi connectivity index (χ1v) is 7.19. The molecular formula is C13H13BrN2O5. The van der Waals surface area contributed by atoms with Gasteiger partial charge < -0.3 is 10.0 Å². The molecule has 1 aliphatic rings. The average Bonchev–Trinajstić information content (AvgIpc) is 2.46. The largest absolute Gasteiger partial charge is 0.480 e. The first-order chi connectivity index (χ1) is 9.91. The third-order valence-electron chi connectivity index (χ3n) is 3.44. The average molecular weight is 357 g/mol. The van der Waals surface area contributed by atoms with Crippen LogP contribution in [0.4, 0.5) is 5.69 Å². The molecule has 1 N–H and O–H groups in total. The lowest BCUT2D eigenvalue weighted by Crippen LogP contribution is -2.48. The number of nitrogens with zero attached hydrogens (tertiary/aromatic N) is 2. The van der Waals surface area contributed by atoms with Gasteiger partial charge in [0.1, 0.15) is 6.04 Å². The molecule has 0 radical (unpaired) electrons. The molecule has 2 rings (SSSR count). The summed E-state index contributed by atoms with van der Waals surface area (Å²) in [6.07, 6.45) is 1.87. The SMILES string of the molecule is O=C(O)C1CCCCN1C(=O)c1cc([N+](=O)[O-])ccc1Br. The Morgan fingerprint density at radius 1 is 1.38 bits per heavy atom. The Balaban J connectivity index is 2.36. The van der Waals surface area contributed by atoms with E-state index in [2.05, 4.69) is 15.9 Å². The van der Waals surface area contributed by atoms with Crippen molar-refractivity contribution in [1.29, 1.82) is 0 Å². The molecule has 1 aromatic rings. The highest BCUT2D eigenvalue weighted by Crippen LogP contribution is 2.27. The summed E-state index contributed by atoms with van der Waals surface area (Å²) in [7, 11) is 0. The quantitative estimate of drug-likeness (QED) is 0.661. The normalized spacial score (nSPS) is 18.3. The predicted molar refractivity (Wildman–Crippen MR) is 77.1 cm³/mol. The van der Waals surface area contributed by atoms with E-state index < -0.39 is 22.8 Å². The van der Waals surface area contributed by atoms with Crippen LogP contribution in [-0.4, -0.2) is 39.4 Å². The third kappa shape index (κ3) is 3.21. The fraction of sp³-hybridized carbons (Fsp3) is 0.385. The van der Waals surface area contributed by atoms with Crippen molar-refractivity contribution in [2.24, 2.45) is 0 Å². The van der Waals surface area contributed by atoms with Crippen molar-refractivity contribution in [3.8, 4) is 0 Å². The molecular weight excluding hydrogens is 344 g/mol. The lowest BCUT2D eigenvalue weighted by Gasteiger charge is -2.33. The number of non-ortho nitro benzene ring substituents is 1. The number of carbonyl (C=O) groups excluding carboxylic acids is 1. The molecule has 1 aromatic carbocycles. The van der Waals surface area contributed by atoms with E-state index in [0.29, 0.717) is 17.4 Å². The Bertz CT molecular complexity index is 604. The molecule has 1 heterocycles. The van der Waals surface area contributed by atoms with Crippen LogP contribution < -0.4 is 0 Å². The van der Waals surface area contributed by atoms with Crippen LogP contribution >= 0.6 is 15.9 Å². The van der Waals surface area contributed by atoms with Crippen molar-refractivity contribution in [2.75, 3.05) is 6.54 Å². The molecule has 8 heteroatoms. The van der Waals surface area contributed by atoms with Gasteiger partial charge in [-0.1, -0.05) is 0 Å². The Hall–Kier alpha value is -1.96. The minimum atomic E-state index is -1.05. The van der Waals surface area contributed by atoms with Crippen LogP contribution in [0.25, 0.3) is 0 Å². The van der Waals surface area contributed by atoms with Crippen LogP contribution in [0.5, 0.6) is 0 Å². The van der Waals surface area contributed by atoms with E-state index in [0.717, 1.165) is 12.8 Å². The Morgan fingerprint density at radius 3 is 2.71 bits per heavy atom. The van der Waals surface area contributed by atoms with E-state index >= 15 is 0 Å². The maximum Gasteiger partial charge on any atom is 0.326 e. The van der Waals surface area contributed by atoms with Crippen molar-refractivity contribution >= 4 is 33.5 Å². The number of rotatable bonds is 3. The van der Waals surface area contributed by atoms with Crippen LogP contribution in [-0.2, 0) is 4.79 Å². The van der Waals surface area contributed by atoms with Crippen LogP contribution in [0.1, 0.15) is 29.6 Å². The van der Waals surface area contributed by atoms with Gasteiger partial charge in [-0.25, -0.2) is 4.79 Å². The summed E-state index contributed by atoms with van der Waals surface area (Å²) in [5, 5.41) is 20.0. The summed E-state index contributed by atoms with van der Waals surface area (Å²) in [5.74, 6) is -1.55. The minimum absolute atomic E-state index is 0.109. The predicted octanol–water partition coefficient (Wildman–Crippen LogP) is 2.44. The van der Waals surface area contributed by atoms with Gasteiger partial charge in [0.2, 0.25) is 0 Å². The zero-order valence-electron chi connectivity index (χ0n) is 11.0. The molecule has 1 saturated heterocycles. The van der Waals surface area contributed by atoms with Gasteiger partial charge >= 0.3 is 5.97 Å². The van der Waals surface area contributed by atoms with Crippen molar-refractivity contribution in [2.45, 2.75) is 25.3 Å². The second kappa shape index (κ2) is 6.21. The summed E-state index contributed by atoms with van der Waals surface area (Å²) < 4.78 is 0.410. The molecule has 1 atom stereocenters. The number of hydrogen-bond donors (Lipinski definition) is 1. The molecule has 0 bridgehead atoms. The van der Waals surface area contributed by atoms with Crippen molar-refractivity contribution < 1.29 is 19.6 Å². The first-order valence-electron chi connectivity index (χ1n) is 6.39. The zero-order valence-corrected chi connectivity index (χ0v) is 12.6. The molecule has 0 aliphatic carbocycles. The molecule has 0 saturated carbocycles. The zero-order chi connectivity index (χ0) is 15.6. The summed E-state index contributed by atoms with van der Waals surface area (Å²) in [4.78, 5) is 35.3. The summed E-state index contributed by atoms with van der Waals surface area (Å²) in [6, 6.07) is 2.99. The maximum atomic E-state index is 12.5. The van der Waals surface area contributed by atoms with E-state index in [-0.39, 0.29) is 11.3 Å². The topological polar surface area (TPSA) is 101 Å². The number of carboxylic acid groups (broad SMARTS) is 1. The van der Waals surface area contributed by atoms with Crippen molar-refractivity contribution in [3.05, 3.63) is 38.3 Å². The van der Waals surface area contributed by atoms with Crippen molar-refractivity contribution in [3.63, 3.8) is 0 Å². The van der Waals surface area contributed by atoms with Crippen LogP contribution in [0.15, 0.2) is 22.7 Å². The number of carboxylic acids is 1. The molecule has 7 nitrogen and oxygen atoms in total. The van der Waals surface area contributed by atoms with Gasteiger partial charge in [0.05, 0.1) is 10.5 Å². The Morgan fingerprint density at radius 2 is 2.10 bits per heavy atom. The number of nitro benzene ring substituents is 1. The van der Waals surface area contributed by atoms with Crippen molar-refractivity contribution in [1.82, 2.24) is 4.90 Å². The van der Waals surface area contributed by atoms with Crippen LogP contribution in [0.2, 0.25) is 0 Å². The second-order valence-electron chi connectivity index (χ2n) is 4.77. The number of aliphatic carboxylic acids is 1. The van der Waals surface area contributed by atoms with E-state index in [9.17, 15) is 24.8 Å². The first kappa shape index (κ1) is 15.4. The lowest BCUT2D eigenvalue weighted by atomic mass is 10.0. The number of carbonyl (C=O) groups is 2. The van der Waals surface area contributed by atoms with E-state index in [1.165, 1.54) is 23.1 Å². The van der Waals surface area contributed by atoms with Gasteiger partial charge in [-0.3, -0.25) is 14.9 Å². The van der Waals surface area contributed by atoms with Gasteiger partial charge in [-0.2, -0.15) is 0 Å². The number of hydrogen-bond acceptors (Lipinski definition) is 4. The fourth-order valence-corrected chi connectivity index (χ4v) is 2.79. The number of likely N-dealkylation sites (tertiary alicyclic amines) is 1. The number of piperidine rings is 1. The summed E-state index contributed by atoms with van der Waals surface area (Å²) in [6.45, 7) is 0.338. The Kier molecular flexibility index (Phi) is 4.56. The highest BCUT2D eigenvalue weighted by atomic mass is 79.9. The fourth-order valence-electron chi connectivity index (χ4n) is 2.38. The molecule has 1 unspecified atom stereocenters. The number of amides is 1. The van der Waals surface area contributed by atoms with Gasteiger partial charge in [-0.05, 0) is 41.3 Å². The standard InChI is InChI=1S/C13H13BrN2O5/c14-10-5-4-8(16(20)21)7-9(10)12(17)15-6-2-1-3-11(15)13(18)19/h4-5,7,11H,1-3,6H2,(H,18,19). The number of halogens is 1. The maximum absolute atomic E-state index is 12.5. The van der Waals surface area contributed by atoms with E-state index in [4.69, 9.17) is 0 Å². The molecule has 0 aromatic heterocycles. The number of nitro groups is 1. The van der Waals surface area contributed by atoms with E-state index in [1.54, 1.807) is 0 Å². The second-order valence-corrected chi connectivity index (χ2v) is 5.62. The summed E-state index contributed by atoms with van der Waals surface area (Å²) >= 11 is 3.19. The van der Waals surface area contributed by atoms with E-state index in [1.807, 2.05) is 0 Å². The highest BCUT2D eigenvalue weighted by Gasteiger charge is 2.33. The van der Waals surface area contributed by atoms with Gasteiger partial charge in [0.25, 0.3) is 11.6 Å². The lowest BCUT2D eigenvalue weighted by molar-refractivity contribution is -0.384. The van der Waals surface area contributed by atoms with Crippen LogP contribution in [0, 0.1) is 10.1 Å². The minimum Gasteiger partial charge on any atom is -0.480 e. The smallest absolute Gasteiger partial charge is 0.326 e. The van der Waals surface area contributed by atoms with Gasteiger partial charge in [-0.15, -0.1) is 0 Å². The van der Waals surface area contributed by atoms with Gasteiger partial charge in [0.15, 0.2) is 0 Å². The highest BCUT2D eigenvalue weighted by molar-refractivity contribution is 9.10. The molecule has 1 aliphatic heterocycles. The monoisotopic (exact) mass is 356 g/mol. The van der Waals surface area contributed by atoms with Crippen LogP contribution in [0.3, 0.4) is 0 Å². The molecule has 1 fully saturated rings. The molecule has 21 heavy (non-hydrogen) atoms. The summed E-state index contributed by atoms with van der Waals surface area (Å²) in [5.41, 5.74) is -0.0946. The Labute approximate surface area is 128 Å². The third-order valence-corrected chi connectivity index (χ3v) is 4.13. The molecule has 112 valence electrons. The van der Waals surface area contributed by atoms with Gasteiger partial charge in [0, 0.05) is 23.2 Å².